The summed E-state index contributed by atoms with van der Waals surface area (Å²) < 4.78 is 0. The van der Waals surface area contributed by atoms with Gasteiger partial charge < -0.3 is 5.32 Å². The van der Waals surface area contributed by atoms with E-state index >= 15 is 0 Å². The number of aromatic nitrogens is 1. The smallest absolute Gasteiger partial charge is 0.245 e. The van der Waals surface area contributed by atoms with Crippen molar-refractivity contribution in [1.29, 1.82) is 0 Å². The number of carbonyl (C=O) groups is 1. The number of thiazole rings is 1. The number of aryl methyl sites for hydroxylation is 2. The van der Waals surface area contributed by atoms with E-state index < -0.39 is 0 Å². The molecule has 2 rings (SSSR count). The highest BCUT2D eigenvalue weighted by Crippen LogP contribution is 2.28. The zero-order valence-electron chi connectivity index (χ0n) is 11.3. The molecule has 5 heteroatoms. The minimum atomic E-state index is -0.0248. The van der Waals surface area contributed by atoms with E-state index in [0.29, 0.717) is 0 Å². The van der Waals surface area contributed by atoms with E-state index in [1.807, 2.05) is 11.8 Å². The van der Waals surface area contributed by atoms with Crippen molar-refractivity contribution in [2.75, 3.05) is 18.0 Å². The first-order chi connectivity index (χ1) is 8.63. The molecule has 1 amide bonds. The van der Waals surface area contributed by atoms with Crippen molar-refractivity contribution < 1.29 is 4.79 Å². The molecule has 1 atom stereocenters. The first-order valence-corrected chi connectivity index (χ1v) is 7.44. The molecule has 100 valence electrons. The van der Waals surface area contributed by atoms with Gasteiger partial charge in [-0.2, -0.15) is 0 Å². The zero-order chi connectivity index (χ0) is 13.1. The van der Waals surface area contributed by atoms with Crippen molar-refractivity contribution in [3.8, 4) is 0 Å². The van der Waals surface area contributed by atoms with Gasteiger partial charge in [0, 0.05) is 11.4 Å². The van der Waals surface area contributed by atoms with Gasteiger partial charge in [-0.1, -0.05) is 6.92 Å². The van der Waals surface area contributed by atoms with E-state index in [1.165, 1.54) is 4.88 Å². The van der Waals surface area contributed by atoms with Crippen LogP contribution in [0.4, 0.5) is 5.13 Å². The average molecular weight is 267 g/mol. The summed E-state index contributed by atoms with van der Waals surface area (Å²) in [4.78, 5) is 19.9. The van der Waals surface area contributed by atoms with Crippen LogP contribution in [0.15, 0.2) is 0 Å². The monoisotopic (exact) mass is 267 g/mol. The number of hydrogen-bond donors (Lipinski definition) is 1. The molecule has 0 bridgehead atoms. The number of nitrogens with zero attached hydrogens (tertiary/aromatic N) is 2. The quantitative estimate of drug-likeness (QED) is 0.910. The molecule has 4 nitrogen and oxygen atoms in total. The van der Waals surface area contributed by atoms with Crippen LogP contribution < -0.4 is 10.2 Å². The highest BCUT2D eigenvalue weighted by Gasteiger charge is 2.30. The topological polar surface area (TPSA) is 45.2 Å². The fourth-order valence-electron chi connectivity index (χ4n) is 2.14. The van der Waals surface area contributed by atoms with Gasteiger partial charge in [0.2, 0.25) is 5.91 Å². The Morgan fingerprint density at radius 2 is 2.28 bits per heavy atom. The molecule has 18 heavy (non-hydrogen) atoms. The summed E-state index contributed by atoms with van der Waals surface area (Å²) in [5.41, 5.74) is 1.03. The second-order valence-electron chi connectivity index (χ2n) is 4.78. The molecule has 1 aromatic heterocycles. The van der Waals surface area contributed by atoms with E-state index in [-0.39, 0.29) is 11.9 Å². The lowest BCUT2D eigenvalue weighted by Crippen LogP contribution is -2.51. The third kappa shape index (κ3) is 2.72. The van der Waals surface area contributed by atoms with E-state index in [2.05, 4.69) is 24.1 Å². The van der Waals surface area contributed by atoms with Crippen molar-refractivity contribution in [1.82, 2.24) is 10.3 Å². The van der Waals surface area contributed by atoms with Gasteiger partial charge in [0.25, 0.3) is 0 Å². The molecule has 1 aromatic rings. The van der Waals surface area contributed by atoms with Crippen molar-refractivity contribution in [2.45, 2.75) is 46.1 Å². The molecular formula is C13H21N3OS. The van der Waals surface area contributed by atoms with Crippen LogP contribution in [0.2, 0.25) is 0 Å². The average Bonchev–Trinajstić information content (AvgIpc) is 2.68. The van der Waals surface area contributed by atoms with Gasteiger partial charge in [0.1, 0.15) is 0 Å². The lowest BCUT2D eigenvalue weighted by molar-refractivity contribution is -0.121. The fraction of sp³-hybridized carbons (Fsp3) is 0.692. The van der Waals surface area contributed by atoms with Crippen LogP contribution in [0, 0.1) is 13.8 Å². The molecule has 1 aliphatic heterocycles. The van der Waals surface area contributed by atoms with Crippen LogP contribution in [0.25, 0.3) is 0 Å². The Morgan fingerprint density at radius 3 is 2.89 bits per heavy atom. The van der Waals surface area contributed by atoms with Gasteiger partial charge in [0.15, 0.2) is 5.13 Å². The molecule has 0 aromatic carbocycles. The minimum absolute atomic E-state index is 0.0248. The summed E-state index contributed by atoms with van der Waals surface area (Å²) >= 11 is 1.62. The molecule has 1 aliphatic rings. The molecule has 0 saturated carbocycles. The molecule has 0 aliphatic carbocycles. The SMILES string of the molecule is CCCNC1CCCN(c2nc(C)c(C)s2)C1=O. The van der Waals surface area contributed by atoms with Gasteiger partial charge in [-0.15, -0.1) is 11.3 Å². The number of anilines is 1. The van der Waals surface area contributed by atoms with Crippen LogP contribution in [0.5, 0.6) is 0 Å². The first kappa shape index (κ1) is 13.5. The first-order valence-electron chi connectivity index (χ1n) is 6.62. The van der Waals surface area contributed by atoms with Crippen LogP contribution >= 0.6 is 11.3 Å². The zero-order valence-corrected chi connectivity index (χ0v) is 12.1. The molecule has 1 unspecified atom stereocenters. The Morgan fingerprint density at radius 1 is 1.50 bits per heavy atom. The van der Waals surface area contributed by atoms with Crippen molar-refractivity contribution in [3.63, 3.8) is 0 Å². The number of piperidine rings is 1. The molecule has 1 saturated heterocycles. The van der Waals surface area contributed by atoms with Gasteiger partial charge in [-0.25, -0.2) is 4.98 Å². The summed E-state index contributed by atoms with van der Waals surface area (Å²) in [6, 6.07) is -0.0248. The largest absolute Gasteiger partial charge is 0.306 e. The maximum Gasteiger partial charge on any atom is 0.245 e. The maximum atomic E-state index is 12.4. The predicted octanol–water partition coefficient (Wildman–Crippen LogP) is 2.25. The van der Waals surface area contributed by atoms with Crippen LogP contribution in [0.1, 0.15) is 36.8 Å². The lowest BCUT2D eigenvalue weighted by atomic mass is 10.1. The standard InChI is InChI=1S/C13H21N3OS/c1-4-7-14-11-6-5-8-16(12(11)17)13-15-9(2)10(3)18-13/h11,14H,4-8H2,1-3H3. The predicted molar refractivity (Wildman–Crippen MR) is 75.3 cm³/mol. The number of amides is 1. The molecular weight excluding hydrogens is 246 g/mol. The van der Waals surface area contributed by atoms with E-state index in [1.54, 1.807) is 11.3 Å². The van der Waals surface area contributed by atoms with Gasteiger partial charge in [-0.3, -0.25) is 9.69 Å². The van der Waals surface area contributed by atoms with Crippen LogP contribution in [-0.4, -0.2) is 30.0 Å². The summed E-state index contributed by atoms with van der Waals surface area (Å²) in [5, 5.41) is 4.19. The normalized spacial score (nSPS) is 20.5. The molecule has 2 heterocycles. The Labute approximate surface area is 112 Å². The number of nitrogens with one attached hydrogen (secondary N) is 1. The highest BCUT2D eigenvalue weighted by molar-refractivity contribution is 7.15. The second kappa shape index (κ2) is 5.80. The van der Waals surface area contributed by atoms with Crippen LogP contribution in [-0.2, 0) is 4.79 Å². The third-order valence-corrected chi connectivity index (χ3v) is 4.42. The second-order valence-corrected chi connectivity index (χ2v) is 5.96. The summed E-state index contributed by atoms with van der Waals surface area (Å²) in [6.07, 6.45) is 3.04. The summed E-state index contributed by atoms with van der Waals surface area (Å²) in [5.74, 6) is 0.184. The number of hydrogen-bond acceptors (Lipinski definition) is 4. The third-order valence-electron chi connectivity index (χ3n) is 3.33. The molecule has 0 spiro atoms. The van der Waals surface area contributed by atoms with Crippen molar-refractivity contribution in [3.05, 3.63) is 10.6 Å². The Bertz CT molecular complexity index is 410. The number of carbonyl (C=O) groups excluding carboxylic acids is 1. The lowest BCUT2D eigenvalue weighted by Gasteiger charge is -2.30. The molecule has 1 fully saturated rings. The van der Waals surface area contributed by atoms with Gasteiger partial charge >= 0.3 is 0 Å². The van der Waals surface area contributed by atoms with Gasteiger partial charge in [0.05, 0.1) is 11.7 Å². The van der Waals surface area contributed by atoms with E-state index in [4.69, 9.17) is 0 Å². The molecule has 1 N–H and O–H groups in total. The van der Waals surface area contributed by atoms with Crippen LogP contribution in [0.3, 0.4) is 0 Å². The summed E-state index contributed by atoms with van der Waals surface area (Å²) in [6.45, 7) is 7.87. The molecule has 0 radical (unpaired) electrons. The Balaban J connectivity index is 2.10. The Hall–Kier alpha value is -0.940. The minimum Gasteiger partial charge on any atom is -0.306 e. The maximum absolute atomic E-state index is 12.4. The Kier molecular flexibility index (Phi) is 4.35. The summed E-state index contributed by atoms with van der Waals surface area (Å²) in [7, 11) is 0. The van der Waals surface area contributed by atoms with Crippen molar-refractivity contribution in [2.24, 2.45) is 0 Å². The van der Waals surface area contributed by atoms with E-state index in [0.717, 1.165) is 43.2 Å². The fourth-order valence-corrected chi connectivity index (χ4v) is 3.09. The highest BCUT2D eigenvalue weighted by atomic mass is 32.1. The van der Waals surface area contributed by atoms with E-state index in [9.17, 15) is 4.79 Å². The number of rotatable bonds is 4. The van der Waals surface area contributed by atoms with Crippen molar-refractivity contribution >= 4 is 22.4 Å². The van der Waals surface area contributed by atoms with Gasteiger partial charge in [-0.05, 0) is 39.7 Å².